The molecule has 0 aliphatic heterocycles. The molecule has 0 bridgehead atoms. The molecule has 0 aliphatic carbocycles. The lowest BCUT2D eigenvalue weighted by molar-refractivity contribution is -0.139. The Morgan fingerprint density at radius 1 is 1.28 bits per heavy atom. The average Bonchev–Trinajstić information content (AvgIpc) is 2.34. The highest BCUT2D eigenvalue weighted by atomic mass is 16.4. The smallest absolute Gasteiger partial charge is 0.326 e. The maximum Gasteiger partial charge on any atom is 0.326 e. The van der Waals surface area contributed by atoms with Crippen molar-refractivity contribution in [2.75, 3.05) is 0 Å². The molecule has 18 heavy (non-hydrogen) atoms. The van der Waals surface area contributed by atoms with E-state index in [1.54, 1.807) is 0 Å². The Morgan fingerprint density at radius 2 is 1.89 bits per heavy atom. The number of carboxylic acid groups (broad SMARTS) is 1. The van der Waals surface area contributed by atoms with Crippen molar-refractivity contribution in [1.29, 1.82) is 0 Å². The van der Waals surface area contributed by atoms with E-state index >= 15 is 0 Å². The summed E-state index contributed by atoms with van der Waals surface area (Å²) in [7, 11) is 0. The number of benzene rings is 1. The first-order chi connectivity index (χ1) is 8.54. The van der Waals surface area contributed by atoms with Gasteiger partial charge < -0.3 is 15.5 Å². The van der Waals surface area contributed by atoms with E-state index in [1.165, 1.54) is 24.3 Å². The average molecular weight is 251 g/mol. The molecule has 0 saturated carbocycles. The molecule has 5 heteroatoms. The van der Waals surface area contributed by atoms with E-state index in [0.29, 0.717) is 12.0 Å². The lowest BCUT2D eigenvalue weighted by atomic mass is 10.1. The van der Waals surface area contributed by atoms with Gasteiger partial charge in [-0.2, -0.15) is 0 Å². The highest BCUT2D eigenvalue weighted by Crippen LogP contribution is 2.10. The van der Waals surface area contributed by atoms with Gasteiger partial charge in [0.1, 0.15) is 11.8 Å². The van der Waals surface area contributed by atoms with Gasteiger partial charge in [-0.3, -0.25) is 4.79 Å². The Balaban J connectivity index is 2.66. The first-order valence-corrected chi connectivity index (χ1v) is 5.87. The second-order valence-electron chi connectivity index (χ2n) is 4.05. The molecule has 0 spiro atoms. The molecule has 0 aromatic heterocycles. The molecule has 0 aliphatic rings. The zero-order chi connectivity index (χ0) is 13.5. The van der Waals surface area contributed by atoms with E-state index in [1.807, 2.05) is 6.92 Å². The highest BCUT2D eigenvalue weighted by Gasteiger charge is 2.19. The fourth-order valence-corrected chi connectivity index (χ4v) is 1.52. The van der Waals surface area contributed by atoms with Crippen LogP contribution in [0.25, 0.3) is 0 Å². The molecule has 5 nitrogen and oxygen atoms in total. The van der Waals surface area contributed by atoms with Gasteiger partial charge in [-0.05, 0) is 30.7 Å². The second kappa shape index (κ2) is 6.64. The van der Waals surface area contributed by atoms with Crippen LogP contribution in [-0.2, 0) is 4.79 Å². The van der Waals surface area contributed by atoms with E-state index < -0.39 is 17.9 Å². The number of carbonyl (C=O) groups excluding carboxylic acids is 1. The number of aliphatic carboxylic acids is 1. The van der Waals surface area contributed by atoms with Crippen LogP contribution in [0.4, 0.5) is 0 Å². The molecule has 98 valence electrons. The minimum atomic E-state index is -1.03. The van der Waals surface area contributed by atoms with Crippen molar-refractivity contribution in [3.8, 4) is 5.75 Å². The zero-order valence-electron chi connectivity index (χ0n) is 10.2. The summed E-state index contributed by atoms with van der Waals surface area (Å²) in [4.78, 5) is 22.7. The molecule has 0 radical (unpaired) electrons. The zero-order valence-corrected chi connectivity index (χ0v) is 10.2. The van der Waals surface area contributed by atoms with Crippen LogP contribution in [0.2, 0.25) is 0 Å². The standard InChI is InChI=1S/C13H17NO4/c1-2-3-4-11(13(17)18)14-12(16)9-5-7-10(15)8-6-9/h5-8,11,15H,2-4H2,1H3,(H,14,16)(H,17,18)/t11-/m0/s1. The number of unbranched alkanes of at least 4 members (excludes halogenated alkanes) is 1. The number of carbonyl (C=O) groups is 2. The van der Waals surface area contributed by atoms with Crippen molar-refractivity contribution in [3.05, 3.63) is 29.8 Å². The lowest BCUT2D eigenvalue weighted by Gasteiger charge is -2.14. The number of phenols is 1. The van der Waals surface area contributed by atoms with Crippen molar-refractivity contribution < 1.29 is 19.8 Å². The molecule has 0 fully saturated rings. The van der Waals surface area contributed by atoms with E-state index in [2.05, 4.69) is 5.32 Å². The van der Waals surface area contributed by atoms with Gasteiger partial charge in [-0.15, -0.1) is 0 Å². The van der Waals surface area contributed by atoms with E-state index in [0.717, 1.165) is 12.8 Å². The van der Waals surface area contributed by atoms with Crippen molar-refractivity contribution in [2.24, 2.45) is 0 Å². The van der Waals surface area contributed by atoms with Gasteiger partial charge in [0.25, 0.3) is 5.91 Å². The van der Waals surface area contributed by atoms with Gasteiger partial charge in [0.05, 0.1) is 0 Å². The minimum absolute atomic E-state index is 0.0623. The van der Waals surface area contributed by atoms with Crippen LogP contribution in [0.15, 0.2) is 24.3 Å². The van der Waals surface area contributed by atoms with Crippen LogP contribution in [0, 0.1) is 0 Å². The monoisotopic (exact) mass is 251 g/mol. The van der Waals surface area contributed by atoms with Gasteiger partial charge in [-0.25, -0.2) is 4.79 Å². The Labute approximate surface area is 105 Å². The maximum absolute atomic E-state index is 11.8. The Kier molecular flexibility index (Phi) is 5.17. The van der Waals surface area contributed by atoms with Crippen molar-refractivity contribution in [1.82, 2.24) is 5.32 Å². The highest BCUT2D eigenvalue weighted by molar-refractivity contribution is 5.96. The Hall–Kier alpha value is -2.04. The summed E-state index contributed by atoms with van der Waals surface area (Å²) < 4.78 is 0. The molecule has 3 N–H and O–H groups in total. The first kappa shape index (κ1) is 14.0. The van der Waals surface area contributed by atoms with Crippen LogP contribution in [0.1, 0.15) is 36.5 Å². The molecular weight excluding hydrogens is 234 g/mol. The summed E-state index contributed by atoms with van der Waals surface area (Å²) >= 11 is 0. The number of nitrogens with one attached hydrogen (secondary N) is 1. The molecule has 1 rings (SSSR count). The first-order valence-electron chi connectivity index (χ1n) is 5.87. The quantitative estimate of drug-likeness (QED) is 0.719. The summed E-state index contributed by atoms with van der Waals surface area (Å²) in [5.41, 5.74) is 0.329. The molecule has 0 heterocycles. The molecule has 1 atom stereocenters. The summed E-state index contributed by atoms with van der Waals surface area (Å²) in [6, 6.07) is 4.80. The predicted octanol–water partition coefficient (Wildman–Crippen LogP) is 1.77. The number of hydrogen-bond donors (Lipinski definition) is 3. The fourth-order valence-electron chi connectivity index (χ4n) is 1.52. The molecule has 1 aromatic rings. The predicted molar refractivity (Wildman–Crippen MR) is 66.5 cm³/mol. The van der Waals surface area contributed by atoms with Crippen molar-refractivity contribution >= 4 is 11.9 Å². The van der Waals surface area contributed by atoms with Crippen LogP contribution in [-0.4, -0.2) is 28.1 Å². The second-order valence-corrected chi connectivity index (χ2v) is 4.05. The molecule has 1 aromatic carbocycles. The molecular formula is C13H17NO4. The van der Waals surface area contributed by atoms with Gasteiger partial charge >= 0.3 is 5.97 Å². The number of carboxylic acids is 1. The van der Waals surface area contributed by atoms with Gasteiger partial charge in [0, 0.05) is 5.56 Å². The van der Waals surface area contributed by atoms with Crippen molar-refractivity contribution in [3.63, 3.8) is 0 Å². The van der Waals surface area contributed by atoms with Crippen LogP contribution >= 0.6 is 0 Å². The summed E-state index contributed by atoms with van der Waals surface area (Å²) in [6.07, 6.45) is 2.03. The lowest BCUT2D eigenvalue weighted by Crippen LogP contribution is -2.40. The Morgan fingerprint density at radius 3 is 2.39 bits per heavy atom. The maximum atomic E-state index is 11.8. The van der Waals surface area contributed by atoms with E-state index in [-0.39, 0.29) is 5.75 Å². The summed E-state index contributed by atoms with van der Waals surface area (Å²) in [5.74, 6) is -1.42. The number of amides is 1. The third-order valence-electron chi connectivity index (χ3n) is 2.58. The molecule has 1 amide bonds. The van der Waals surface area contributed by atoms with Gasteiger partial charge in [-0.1, -0.05) is 19.8 Å². The van der Waals surface area contributed by atoms with E-state index in [4.69, 9.17) is 10.2 Å². The number of rotatable bonds is 6. The summed E-state index contributed by atoms with van der Waals surface area (Å²) in [5, 5.41) is 20.6. The molecule has 0 unspecified atom stereocenters. The van der Waals surface area contributed by atoms with Gasteiger partial charge in [0.15, 0.2) is 0 Å². The SMILES string of the molecule is CCCC[C@H](NC(=O)c1ccc(O)cc1)C(=O)O. The molecule has 0 saturated heterocycles. The largest absolute Gasteiger partial charge is 0.508 e. The van der Waals surface area contributed by atoms with Crippen LogP contribution in [0.3, 0.4) is 0 Å². The minimum Gasteiger partial charge on any atom is -0.508 e. The third-order valence-corrected chi connectivity index (χ3v) is 2.58. The number of hydrogen-bond acceptors (Lipinski definition) is 3. The van der Waals surface area contributed by atoms with Crippen LogP contribution in [0.5, 0.6) is 5.75 Å². The third kappa shape index (κ3) is 4.08. The summed E-state index contributed by atoms with van der Waals surface area (Å²) in [6.45, 7) is 1.96. The van der Waals surface area contributed by atoms with Crippen molar-refractivity contribution in [2.45, 2.75) is 32.2 Å². The van der Waals surface area contributed by atoms with E-state index in [9.17, 15) is 9.59 Å². The number of phenolic OH excluding ortho intramolecular Hbond substituents is 1. The number of aromatic hydroxyl groups is 1. The Bertz CT molecular complexity index is 414. The van der Waals surface area contributed by atoms with Gasteiger partial charge in [0.2, 0.25) is 0 Å². The normalized spacial score (nSPS) is 11.8. The fraction of sp³-hybridized carbons (Fsp3) is 0.385. The van der Waals surface area contributed by atoms with Crippen LogP contribution < -0.4 is 5.32 Å². The topological polar surface area (TPSA) is 86.6 Å².